The highest BCUT2D eigenvalue weighted by Gasteiger charge is 2.23. The topological polar surface area (TPSA) is 86.1 Å². The van der Waals surface area contributed by atoms with Crippen LogP contribution in [0.5, 0.6) is 0 Å². The first-order valence-electron chi connectivity index (χ1n) is 11.0. The van der Waals surface area contributed by atoms with E-state index in [2.05, 4.69) is 15.5 Å². The van der Waals surface area contributed by atoms with Gasteiger partial charge in [0.1, 0.15) is 5.82 Å². The molecule has 0 spiro atoms. The zero-order valence-electron chi connectivity index (χ0n) is 17.9. The van der Waals surface area contributed by atoms with Gasteiger partial charge in [-0.05, 0) is 67.3 Å². The maximum atomic E-state index is 13.4. The molecule has 2 aromatic carbocycles. The predicted octanol–water partition coefficient (Wildman–Crippen LogP) is 4.12. The quantitative estimate of drug-likeness (QED) is 0.416. The van der Waals surface area contributed by atoms with E-state index < -0.39 is 0 Å². The first-order chi connectivity index (χ1) is 16.1. The molecule has 0 saturated carbocycles. The summed E-state index contributed by atoms with van der Waals surface area (Å²) in [5.74, 6) is 0.506. The summed E-state index contributed by atoms with van der Waals surface area (Å²) in [5, 5.41) is 12.1. The van der Waals surface area contributed by atoms with E-state index >= 15 is 0 Å². The fraction of sp³-hybridized carbons (Fsp3) is 0.333. The number of benzene rings is 2. The van der Waals surface area contributed by atoms with Crippen LogP contribution in [0.25, 0.3) is 11.4 Å². The molecular formula is C24H23FN4O3S. The van der Waals surface area contributed by atoms with Crippen molar-refractivity contribution in [1.82, 2.24) is 14.8 Å². The third kappa shape index (κ3) is 4.84. The Balaban J connectivity index is 1.35. The van der Waals surface area contributed by atoms with E-state index in [-0.39, 0.29) is 29.4 Å². The fourth-order valence-corrected chi connectivity index (χ4v) is 4.98. The van der Waals surface area contributed by atoms with Crippen molar-refractivity contribution in [2.75, 3.05) is 17.7 Å². The number of ether oxygens (including phenoxy) is 1. The zero-order chi connectivity index (χ0) is 22.8. The molecule has 9 heteroatoms. The molecule has 0 unspecified atom stereocenters. The lowest BCUT2D eigenvalue weighted by molar-refractivity contribution is -0.116. The predicted molar refractivity (Wildman–Crippen MR) is 123 cm³/mol. The highest BCUT2D eigenvalue weighted by molar-refractivity contribution is 7.99. The molecule has 7 nitrogen and oxygen atoms in total. The summed E-state index contributed by atoms with van der Waals surface area (Å²) in [6.07, 6.45) is 3.09. The lowest BCUT2D eigenvalue weighted by Gasteiger charge is -2.17. The molecule has 3 heterocycles. The second-order valence-corrected chi connectivity index (χ2v) is 9.13. The largest absolute Gasteiger partial charge is 0.376 e. The van der Waals surface area contributed by atoms with E-state index in [4.69, 9.17) is 4.74 Å². The van der Waals surface area contributed by atoms with Crippen molar-refractivity contribution >= 4 is 29.1 Å². The summed E-state index contributed by atoms with van der Waals surface area (Å²) in [6, 6.07) is 11.5. The molecule has 1 aromatic heterocycles. The lowest BCUT2D eigenvalue weighted by Crippen LogP contribution is -2.19. The van der Waals surface area contributed by atoms with Crippen LogP contribution >= 0.6 is 11.8 Å². The fourth-order valence-electron chi connectivity index (χ4n) is 4.13. The van der Waals surface area contributed by atoms with Gasteiger partial charge in [0.25, 0.3) is 0 Å². The van der Waals surface area contributed by atoms with Gasteiger partial charge in [-0.25, -0.2) is 4.39 Å². The normalized spacial score (nSPS) is 17.6. The van der Waals surface area contributed by atoms with Crippen LogP contribution in [0.4, 0.5) is 10.1 Å². The van der Waals surface area contributed by atoms with Crippen LogP contribution in [0, 0.1) is 5.82 Å². The lowest BCUT2D eigenvalue weighted by atomic mass is 9.99. The number of nitrogens with one attached hydrogen (secondary N) is 1. The summed E-state index contributed by atoms with van der Waals surface area (Å²) < 4.78 is 21.2. The number of amides is 1. The van der Waals surface area contributed by atoms with Crippen molar-refractivity contribution < 1.29 is 18.7 Å². The van der Waals surface area contributed by atoms with Crippen molar-refractivity contribution in [1.29, 1.82) is 0 Å². The van der Waals surface area contributed by atoms with E-state index in [9.17, 15) is 14.0 Å². The van der Waals surface area contributed by atoms with Crippen LogP contribution in [-0.2, 0) is 22.5 Å². The van der Waals surface area contributed by atoms with Gasteiger partial charge < -0.3 is 10.1 Å². The van der Waals surface area contributed by atoms with E-state index in [1.54, 1.807) is 24.3 Å². The molecule has 0 aliphatic carbocycles. The number of thioether (sulfide) groups is 1. The Bertz CT molecular complexity index is 1190. The minimum absolute atomic E-state index is 0.000306. The molecule has 2 aliphatic rings. The van der Waals surface area contributed by atoms with Crippen LogP contribution in [0.2, 0.25) is 0 Å². The van der Waals surface area contributed by atoms with E-state index in [1.807, 2.05) is 10.6 Å². The van der Waals surface area contributed by atoms with Gasteiger partial charge in [-0.15, -0.1) is 10.2 Å². The first kappa shape index (κ1) is 21.8. The maximum Gasteiger partial charge on any atom is 0.224 e. The Hall–Kier alpha value is -3.04. The van der Waals surface area contributed by atoms with Crippen LogP contribution < -0.4 is 5.32 Å². The Morgan fingerprint density at radius 1 is 1.18 bits per heavy atom. The van der Waals surface area contributed by atoms with E-state index in [0.717, 1.165) is 36.3 Å². The van der Waals surface area contributed by atoms with Crippen LogP contribution in [0.15, 0.2) is 47.6 Å². The molecule has 1 amide bonds. The van der Waals surface area contributed by atoms with E-state index in [1.165, 1.54) is 23.9 Å². The first-order valence-corrected chi connectivity index (χ1v) is 11.9. The number of anilines is 1. The summed E-state index contributed by atoms with van der Waals surface area (Å²) in [5.41, 5.74) is 3.12. The number of nitrogens with zero attached hydrogens (tertiary/aromatic N) is 3. The molecule has 1 fully saturated rings. The van der Waals surface area contributed by atoms with Crippen LogP contribution in [0.3, 0.4) is 0 Å². The minimum Gasteiger partial charge on any atom is -0.376 e. The Kier molecular flexibility index (Phi) is 6.24. The van der Waals surface area contributed by atoms with Crippen molar-refractivity contribution in [2.24, 2.45) is 0 Å². The average molecular weight is 467 g/mol. The van der Waals surface area contributed by atoms with Crippen LogP contribution in [0.1, 0.15) is 35.2 Å². The molecule has 170 valence electrons. The number of hydrogen-bond donors (Lipinski definition) is 1. The molecule has 3 aromatic rings. The third-order valence-electron chi connectivity index (χ3n) is 5.88. The van der Waals surface area contributed by atoms with Gasteiger partial charge in [0.2, 0.25) is 5.91 Å². The zero-order valence-corrected chi connectivity index (χ0v) is 18.7. The SMILES string of the molecule is O=C1CCc2cc(C(=O)CSc3nnc(-c4ccc(F)cc4)n3C[C@H]3CCCO3)ccc2N1. The number of Topliss-reactive ketones (excluding diaryl/α,β-unsaturated/α-hetero) is 1. The molecule has 1 saturated heterocycles. The van der Waals surface area contributed by atoms with Gasteiger partial charge in [0, 0.05) is 29.8 Å². The standard InChI is InChI=1S/C24H23FN4O3S/c25-18-7-3-15(4-8-18)23-27-28-24(29(23)13-19-2-1-11-32-19)33-14-21(30)17-5-9-20-16(12-17)6-10-22(31)26-20/h3-5,7-9,12,19H,1-2,6,10-11,13-14H2,(H,26,31)/t19-/m1/s1. The van der Waals surface area contributed by atoms with E-state index in [0.29, 0.717) is 35.9 Å². The van der Waals surface area contributed by atoms with Crippen molar-refractivity contribution in [3.05, 3.63) is 59.4 Å². The molecule has 5 rings (SSSR count). The van der Waals surface area contributed by atoms with Gasteiger partial charge in [-0.1, -0.05) is 11.8 Å². The summed E-state index contributed by atoms with van der Waals surface area (Å²) in [7, 11) is 0. The Morgan fingerprint density at radius 3 is 2.82 bits per heavy atom. The Labute approximate surface area is 194 Å². The number of hydrogen-bond acceptors (Lipinski definition) is 6. The third-order valence-corrected chi connectivity index (χ3v) is 6.85. The molecule has 33 heavy (non-hydrogen) atoms. The number of rotatable bonds is 7. The van der Waals surface area contributed by atoms with Crippen molar-refractivity contribution in [2.45, 2.75) is 43.5 Å². The number of aryl methyl sites for hydroxylation is 1. The number of carbonyl (C=O) groups is 2. The number of fused-ring (bicyclic) bond motifs is 1. The Morgan fingerprint density at radius 2 is 2.03 bits per heavy atom. The number of aromatic nitrogens is 3. The van der Waals surface area contributed by atoms with Gasteiger partial charge >= 0.3 is 0 Å². The summed E-state index contributed by atoms with van der Waals surface area (Å²) in [6.45, 7) is 1.31. The van der Waals surface area contributed by atoms with Crippen molar-refractivity contribution in [3.8, 4) is 11.4 Å². The average Bonchev–Trinajstić information content (AvgIpc) is 3.48. The van der Waals surface area contributed by atoms with Gasteiger partial charge in [-0.2, -0.15) is 0 Å². The molecule has 2 aliphatic heterocycles. The minimum atomic E-state index is -0.311. The van der Waals surface area contributed by atoms with Crippen molar-refractivity contribution in [3.63, 3.8) is 0 Å². The molecule has 0 radical (unpaired) electrons. The summed E-state index contributed by atoms with van der Waals surface area (Å²) in [4.78, 5) is 24.5. The van der Waals surface area contributed by atoms with Gasteiger partial charge in [0.05, 0.1) is 18.4 Å². The second-order valence-electron chi connectivity index (χ2n) is 8.19. The molecule has 0 bridgehead atoms. The number of carbonyl (C=O) groups excluding carboxylic acids is 2. The highest BCUT2D eigenvalue weighted by atomic mass is 32.2. The van der Waals surface area contributed by atoms with Crippen LogP contribution in [-0.4, -0.2) is 44.9 Å². The number of ketones is 1. The number of halogens is 1. The summed E-state index contributed by atoms with van der Waals surface area (Å²) >= 11 is 1.33. The second kappa shape index (κ2) is 9.44. The maximum absolute atomic E-state index is 13.4. The van der Waals surface area contributed by atoms with Gasteiger partial charge in [-0.3, -0.25) is 14.2 Å². The molecule has 1 N–H and O–H groups in total. The smallest absolute Gasteiger partial charge is 0.224 e. The van der Waals surface area contributed by atoms with Gasteiger partial charge in [0.15, 0.2) is 16.8 Å². The monoisotopic (exact) mass is 466 g/mol. The molecule has 1 atom stereocenters. The molecular weight excluding hydrogens is 443 g/mol. The highest BCUT2D eigenvalue weighted by Crippen LogP contribution is 2.28.